The summed E-state index contributed by atoms with van der Waals surface area (Å²) < 4.78 is 5.08. The van der Waals surface area contributed by atoms with Crippen LogP contribution in [-0.4, -0.2) is 23.9 Å². The summed E-state index contributed by atoms with van der Waals surface area (Å²) in [5.41, 5.74) is 5.52. The van der Waals surface area contributed by atoms with Gasteiger partial charge in [0.2, 0.25) is 0 Å². The largest absolute Gasteiger partial charge is 0.449 e. The van der Waals surface area contributed by atoms with Crippen LogP contribution < -0.4 is 11.1 Å². The molecule has 0 aliphatic carbocycles. The summed E-state index contributed by atoms with van der Waals surface area (Å²) in [5, 5.41) is 4.95. The van der Waals surface area contributed by atoms with Crippen molar-refractivity contribution in [2.75, 3.05) is 5.32 Å². The van der Waals surface area contributed by atoms with Crippen LogP contribution in [0.3, 0.4) is 0 Å². The molecule has 1 atom stereocenters. The first-order chi connectivity index (χ1) is 11.3. The highest BCUT2D eigenvalue weighted by Gasteiger charge is 2.21. The first-order valence-corrected chi connectivity index (χ1v) is 8.26. The van der Waals surface area contributed by atoms with E-state index in [4.69, 9.17) is 33.7 Å². The van der Waals surface area contributed by atoms with Crippen LogP contribution in [-0.2, 0) is 9.53 Å². The van der Waals surface area contributed by atoms with E-state index in [1.165, 1.54) is 31.2 Å². The van der Waals surface area contributed by atoms with Gasteiger partial charge < -0.3 is 15.8 Å². The van der Waals surface area contributed by atoms with Gasteiger partial charge in [-0.3, -0.25) is 9.59 Å². The van der Waals surface area contributed by atoms with E-state index in [1.54, 1.807) is 5.38 Å². The Morgan fingerprint density at radius 3 is 2.42 bits per heavy atom. The SMILES string of the molecule is CC(OC(=O)c1cc(Cl)cc(Cl)c1)C(=O)Nc1sccc1C(N)=O. The molecule has 1 aromatic heterocycles. The van der Waals surface area contributed by atoms with Crippen LogP contribution in [0.4, 0.5) is 5.00 Å². The number of amides is 2. The van der Waals surface area contributed by atoms with E-state index < -0.39 is 23.9 Å². The quantitative estimate of drug-likeness (QED) is 0.769. The molecule has 2 aromatic rings. The Morgan fingerprint density at radius 1 is 1.21 bits per heavy atom. The van der Waals surface area contributed by atoms with Crippen LogP contribution in [0.15, 0.2) is 29.6 Å². The van der Waals surface area contributed by atoms with Crippen molar-refractivity contribution in [3.05, 3.63) is 50.8 Å². The fourth-order valence-electron chi connectivity index (χ4n) is 1.77. The smallest absolute Gasteiger partial charge is 0.339 e. The molecule has 2 rings (SSSR count). The molecule has 0 fully saturated rings. The summed E-state index contributed by atoms with van der Waals surface area (Å²) in [4.78, 5) is 35.4. The fourth-order valence-corrected chi connectivity index (χ4v) is 3.09. The maximum absolute atomic E-state index is 12.1. The van der Waals surface area contributed by atoms with Crippen LogP contribution in [0.1, 0.15) is 27.6 Å². The Kier molecular flexibility index (Phi) is 5.82. The average molecular weight is 387 g/mol. The van der Waals surface area contributed by atoms with Crippen molar-refractivity contribution in [2.45, 2.75) is 13.0 Å². The molecule has 0 aliphatic heterocycles. The number of rotatable bonds is 5. The topological polar surface area (TPSA) is 98.5 Å². The van der Waals surface area contributed by atoms with Gasteiger partial charge >= 0.3 is 5.97 Å². The van der Waals surface area contributed by atoms with Crippen LogP contribution >= 0.6 is 34.5 Å². The van der Waals surface area contributed by atoms with E-state index in [-0.39, 0.29) is 21.2 Å². The van der Waals surface area contributed by atoms with E-state index >= 15 is 0 Å². The highest BCUT2D eigenvalue weighted by Crippen LogP contribution is 2.23. The number of carbonyl (C=O) groups is 3. The van der Waals surface area contributed by atoms with Crippen LogP contribution in [0.25, 0.3) is 0 Å². The number of ether oxygens (including phenoxy) is 1. The van der Waals surface area contributed by atoms with Crippen molar-refractivity contribution in [3.63, 3.8) is 0 Å². The van der Waals surface area contributed by atoms with Gasteiger partial charge in [0.15, 0.2) is 6.10 Å². The molecule has 0 saturated heterocycles. The number of nitrogens with one attached hydrogen (secondary N) is 1. The number of anilines is 1. The Hall–Kier alpha value is -2.09. The highest BCUT2D eigenvalue weighted by molar-refractivity contribution is 7.14. The molecule has 24 heavy (non-hydrogen) atoms. The monoisotopic (exact) mass is 386 g/mol. The number of hydrogen-bond acceptors (Lipinski definition) is 5. The third kappa shape index (κ3) is 4.47. The molecule has 0 saturated carbocycles. The second-order valence-corrected chi connectivity index (χ2v) is 6.51. The minimum atomic E-state index is -1.10. The maximum Gasteiger partial charge on any atom is 0.339 e. The fraction of sp³-hybridized carbons (Fsp3) is 0.133. The number of primary amides is 1. The van der Waals surface area contributed by atoms with Gasteiger partial charge in [-0.05, 0) is 36.6 Å². The zero-order valence-corrected chi connectivity index (χ0v) is 14.7. The van der Waals surface area contributed by atoms with E-state index in [9.17, 15) is 14.4 Å². The first kappa shape index (κ1) is 18.3. The summed E-state index contributed by atoms with van der Waals surface area (Å²) in [6, 6.07) is 5.72. The molecule has 0 aliphatic rings. The third-order valence-corrected chi connectivity index (χ3v) is 4.18. The molecule has 1 aromatic carbocycles. The van der Waals surface area contributed by atoms with Crippen molar-refractivity contribution in [1.82, 2.24) is 0 Å². The van der Waals surface area contributed by atoms with Crippen molar-refractivity contribution in [1.29, 1.82) is 0 Å². The molecule has 9 heteroatoms. The molecule has 0 radical (unpaired) electrons. The van der Waals surface area contributed by atoms with Crippen LogP contribution in [0.2, 0.25) is 10.0 Å². The number of nitrogens with two attached hydrogens (primary N) is 1. The Labute approximate surface area is 151 Å². The third-order valence-electron chi connectivity index (χ3n) is 2.92. The van der Waals surface area contributed by atoms with Gasteiger partial charge in [-0.2, -0.15) is 0 Å². The molecule has 1 unspecified atom stereocenters. The lowest BCUT2D eigenvalue weighted by Crippen LogP contribution is -2.30. The lowest BCUT2D eigenvalue weighted by molar-refractivity contribution is -0.123. The second kappa shape index (κ2) is 7.65. The van der Waals surface area contributed by atoms with Crippen molar-refractivity contribution >= 4 is 57.3 Å². The number of esters is 1. The second-order valence-electron chi connectivity index (χ2n) is 4.72. The molecule has 0 spiro atoms. The zero-order valence-electron chi connectivity index (χ0n) is 12.3. The van der Waals surface area contributed by atoms with E-state index in [0.29, 0.717) is 5.00 Å². The van der Waals surface area contributed by atoms with Gasteiger partial charge in [0.05, 0.1) is 11.1 Å². The number of halogens is 2. The van der Waals surface area contributed by atoms with Gasteiger partial charge in [0, 0.05) is 10.0 Å². The van der Waals surface area contributed by atoms with Crippen LogP contribution in [0.5, 0.6) is 0 Å². The molecule has 3 N–H and O–H groups in total. The number of hydrogen-bond donors (Lipinski definition) is 2. The van der Waals surface area contributed by atoms with Gasteiger partial charge in [-0.25, -0.2) is 4.79 Å². The predicted molar refractivity (Wildman–Crippen MR) is 92.8 cm³/mol. The summed E-state index contributed by atoms with van der Waals surface area (Å²) in [5.74, 6) is -2.01. The lowest BCUT2D eigenvalue weighted by atomic mass is 10.2. The predicted octanol–water partition coefficient (Wildman–Crippen LogP) is 3.34. The molecule has 6 nitrogen and oxygen atoms in total. The summed E-state index contributed by atoms with van der Waals surface area (Å²) in [6.45, 7) is 1.40. The van der Waals surface area contributed by atoms with E-state index in [1.807, 2.05) is 0 Å². The number of benzene rings is 1. The average Bonchev–Trinajstić information content (AvgIpc) is 2.94. The molecular formula is C15H12Cl2N2O4S. The van der Waals surface area contributed by atoms with E-state index in [2.05, 4.69) is 5.32 Å². The summed E-state index contributed by atoms with van der Waals surface area (Å²) in [7, 11) is 0. The minimum absolute atomic E-state index is 0.126. The van der Waals surface area contributed by atoms with Crippen LogP contribution in [0, 0.1) is 0 Å². The minimum Gasteiger partial charge on any atom is -0.449 e. The summed E-state index contributed by atoms with van der Waals surface area (Å²) >= 11 is 12.8. The maximum atomic E-state index is 12.1. The van der Waals surface area contributed by atoms with Gasteiger partial charge in [-0.15, -0.1) is 11.3 Å². The highest BCUT2D eigenvalue weighted by atomic mass is 35.5. The molecular weight excluding hydrogens is 375 g/mol. The Balaban J connectivity index is 2.04. The molecule has 1 heterocycles. The molecule has 126 valence electrons. The normalized spacial score (nSPS) is 11.6. The first-order valence-electron chi connectivity index (χ1n) is 6.63. The van der Waals surface area contributed by atoms with E-state index in [0.717, 1.165) is 11.3 Å². The number of thiophene rings is 1. The zero-order chi connectivity index (χ0) is 17.9. The standard InChI is InChI=1S/C15H12Cl2N2O4S/c1-7(13(21)19-14-11(12(18)20)2-3-24-14)23-15(22)8-4-9(16)6-10(17)5-8/h2-7H,1H3,(H2,18,20)(H,19,21). The molecule has 2 amide bonds. The molecule has 0 bridgehead atoms. The number of carbonyl (C=O) groups excluding carboxylic acids is 3. The van der Waals surface area contributed by atoms with Gasteiger partial charge in [0.1, 0.15) is 5.00 Å². The Morgan fingerprint density at radius 2 is 1.83 bits per heavy atom. The van der Waals surface area contributed by atoms with Crippen molar-refractivity contribution < 1.29 is 19.1 Å². The van der Waals surface area contributed by atoms with Crippen molar-refractivity contribution in [3.8, 4) is 0 Å². The van der Waals surface area contributed by atoms with Crippen molar-refractivity contribution in [2.24, 2.45) is 5.73 Å². The van der Waals surface area contributed by atoms with Gasteiger partial charge in [-0.1, -0.05) is 23.2 Å². The lowest BCUT2D eigenvalue weighted by Gasteiger charge is -2.13. The summed E-state index contributed by atoms with van der Waals surface area (Å²) in [6.07, 6.45) is -1.10. The Bertz CT molecular complexity index is 786. The van der Waals surface area contributed by atoms with Gasteiger partial charge in [0.25, 0.3) is 11.8 Å².